The first-order valence-electron chi connectivity index (χ1n) is 7.62. The molecular formula is C20H21NO2. The van der Waals surface area contributed by atoms with Crippen molar-refractivity contribution in [2.45, 2.75) is 25.8 Å². The molecule has 0 bridgehead atoms. The lowest BCUT2D eigenvalue weighted by atomic mass is 9.95. The zero-order valence-corrected chi connectivity index (χ0v) is 13.4. The summed E-state index contributed by atoms with van der Waals surface area (Å²) in [4.78, 5) is 16.4. The zero-order chi connectivity index (χ0) is 16.7. The third kappa shape index (κ3) is 4.16. The normalized spacial score (nSPS) is 13.5. The largest absolute Gasteiger partial charge is 0.479 e. The molecule has 3 heteroatoms. The van der Waals surface area contributed by atoms with E-state index in [1.54, 1.807) is 6.92 Å². The number of rotatable bonds is 6. The summed E-state index contributed by atoms with van der Waals surface area (Å²) in [6.45, 7) is 3.53. The Bertz CT molecular complexity index is 663. The van der Waals surface area contributed by atoms with Gasteiger partial charge in [0.25, 0.3) is 0 Å². The van der Waals surface area contributed by atoms with E-state index in [1.165, 1.54) is 0 Å². The standard InChI is InChI=1S/C20H21NO2/c1-3-4-15-20(2,19(22)23)21-18(16-11-7-5-8-12-16)17-13-9-6-10-14-17/h3-14H,15H2,1-2H3,(H,22,23)/b4-3+. The number of hydrogen-bond acceptors (Lipinski definition) is 2. The molecule has 0 aliphatic carbocycles. The molecule has 23 heavy (non-hydrogen) atoms. The van der Waals surface area contributed by atoms with E-state index >= 15 is 0 Å². The van der Waals surface area contributed by atoms with Crippen molar-refractivity contribution < 1.29 is 9.90 Å². The van der Waals surface area contributed by atoms with E-state index in [-0.39, 0.29) is 0 Å². The van der Waals surface area contributed by atoms with Gasteiger partial charge in [0.15, 0.2) is 5.54 Å². The van der Waals surface area contributed by atoms with Crippen LogP contribution in [-0.2, 0) is 4.79 Å². The third-order valence-electron chi connectivity index (χ3n) is 3.66. The van der Waals surface area contributed by atoms with Crippen LogP contribution in [0.1, 0.15) is 31.4 Å². The van der Waals surface area contributed by atoms with Crippen molar-refractivity contribution in [3.05, 3.63) is 83.9 Å². The molecule has 2 rings (SSSR count). The summed E-state index contributed by atoms with van der Waals surface area (Å²) in [6, 6.07) is 19.4. The van der Waals surface area contributed by atoms with Crippen LogP contribution in [0.3, 0.4) is 0 Å². The summed E-state index contributed by atoms with van der Waals surface area (Å²) in [7, 11) is 0. The van der Waals surface area contributed by atoms with Gasteiger partial charge in [0.1, 0.15) is 0 Å². The Labute approximate surface area is 137 Å². The molecule has 0 aromatic heterocycles. The SMILES string of the molecule is C/C=C/CC(C)(N=C(c1ccccc1)c1ccccc1)C(=O)O. The average Bonchev–Trinajstić information content (AvgIpc) is 2.59. The average molecular weight is 307 g/mol. The molecule has 3 nitrogen and oxygen atoms in total. The number of carboxylic acid groups (broad SMARTS) is 1. The summed E-state index contributed by atoms with van der Waals surface area (Å²) in [5.41, 5.74) is 1.31. The van der Waals surface area contributed by atoms with Crippen molar-refractivity contribution in [3.63, 3.8) is 0 Å². The highest BCUT2D eigenvalue weighted by molar-refractivity contribution is 6.13. The molecule has 0 heterocycles. The molecule has 0 radical (unpaired) electrons. The smallest absolute Gasteiger partial charge is 0.331 e. The topological polar surface area (TPSA) is 49.7 Å². The molecule has 0 spiro atoms. The Morgan fingerprint density at radius 3 is 1.91 bits per heavy atom. The fraction of sp³-hybridized carbons (Fsp3) is 0.200. The van der Waals surface area contributed by atoms with Crippen LogP contribution in [0.2, 0.25) is 0 Å². The second-order valence-corrected chi connectivity index (χ2v) is 5.54. The lowest BCUT2D eigenvalue weighted by Gasteiger charge is -2.21. The maximum absolute atomic E-state index is 11.8. The Kier molecular flexibility index (Phi) is 5.47. The molecule has 1 unspecified atom stereocenters. The molecule has 0 amide bonds. The second kappa shape index (κ2) is 7.54. The number of carboxylic acids is 1. The Hall–Kier alpha value is -2.68. The van der Waals surface area contributed by atoms with Gasteiger partial charge in [-0.15, -0.1) is 0 Å². The van der Waals surface area contributed by atoms with Crippen LogP contribution in [0, 0.1) is 0 Å². The summed E-state index contributed by atoms with van der Waals surface area (Å²) < 4.78 is 0. The van der Waals surface area contributed by atoms with Crippen LogP contribution in [0.15, 0.2) is 77.8 Å². The van der Waals surface area contributed by atoms with Crippen molar-refractivity contribution >= 4 is 11.7 Å². The van der Waals surface area contributed by atoms with Gasteiger partial charge in [0, 0.05) is 17.5 Å². The zero-order valence-electron chi connectivity index (χ0n) is 13.4. The Balaban J connectivity index is 2.58. The fourth-order valence-electron chi connectivity index (χ4n) is 2.26. The predicted octanol–water partition coefficient (Wildman–Crippen LogP) is 4.33. The highest BCUT2D eigenvalue weighted by Crippen LogP contribution is 2.21. The van der Waals surface area contributed by atoms with Gasteiger partial charge >= 0.3 is 5.97 Å². The molecule has 1 atom stereocenters. The molecule has 2 aromatic carbocycles. The summed E-state index contributed by atoms with van der Waals surface area (Å²) >= 11 is 0. The van der Waals surface area contributed by atoms with Crippen molar-refractivity contribution in [3.8, 4) is 0 Å². The van der Waals surface area contributed by atoms with Gasteiger partial charge in [-0.05, 0) is 13.8 Å². The van der Waals surface area contributed by atoms with E-state index in [1.807, 2.05) is 79.7 Å². The van der Waals surface area contributed by atoms with E-state index in [4.69, 9.17) is 0 Å². The lowest BCUT2D eigenvalue weighted by molar-refractivity contribution is -0.142. The van der Waals surface area contributed by atoms with Crippen LogP contribution < -0.4 is 0 Å². The van der Waals surface area contributed by atoms with E-state index in [0.717, 1.165) is 11.1 Å². The molecular weight excluding hydrogens is 286 g/mol. The highest BCUT2D eigenvalue weighted by atomic mass is 16.4. The van der Waals surface area contributed by atoms with Crippen LogP contribution in [0.5, 0.6) is 0 Å². The number of nitrogens with zero attached hydrogens (tertiary/aromatic N) is 1. The van der Waals surface area contributed by atoms with E-state index < -0.39 is 11.5 Å². The highest BCUT2D eigenvalue weighted by Gasteiger charge is 2.32. The minimum absolute atomic E-state index is 0.349. The van der Waals surface area contributed by atoms with E-state index in [9.17, 15) is 9.90 Å². The fourth-order valence-corrected chi connectivity index (χ4v) is 2.26. The summed E-state index contributed by atoms with van der Waals surface area (Å²) in [6.07, 6.45) is 4.04. The monoisotopic (exact) mass is 307 g/mol. The maximum atomic E-state index is 11.8. The predicted molar refractivity (Wildman–Crippen MR) is 94.0 cm³/mol. The van der Waals surface area contributed by atoms with Gasteiger partial charge in [-0.3, -0.25) is 4.99 Å². The number of aliphatic carboxylic acids is 1. The van der Waals surface area contributed by atoms with Gasteiger partial charge in [-0.2, -0.15) is 0 Å². The van der Waals surface area contributed by atoms with Crippen molar-refractivity contribution in [1.29, 1.82) is 0 Å². The first kappa shape index (κ1) is 16.7. The number of hydrogen-bond donors (Lipinski definition) is 1. The quantitative estimate of drug-likeness (QED) is 0.637. The molecule has 0 aliphatic heterocycles. The Morgan fingerprint density at radius 1 is 1.04 bits per heavy atom. The second-order valence-electron chi connectivity index (χ2n) is 5.54. The summed E-state index contributed by atoms with van der Waals surface area (Å²) in [5, 5.41) is 9.66. The van der Waals surface area contributed by atoms with Crippen LogP contribution >= 0.6 is 0 Å². The number of allylic oxidation sites excluding steroid dienone is 1. The van der Waals surface area contributed by atoms with Gasteiger partial charge in [-0.1, -0.05) is 72.8 Å². The number of benzene rings is 2. The van der Waals surface area contributed by atoms with Crippen molar-refractivity contribution in [1.82, 2.24) is 0 Å². The summed E-state index contributed by atoms with van der Waals surface area (Å²) in [5.74, 6) is -0.931. The molecule has 0 saturated heterocycles. The van der Waals surface area contributed by atoms with Crippen molar-refractivity contribution in [2.75, 3.05) is 0 Å². The molecule has 0 fully saturated rings. The number of aliphatic imine (C=N–C) groups is 1. The molecule has 0 aliphatic rings. The van der Waals surface area contributed by atoms with Crippen molar-refractivity contribution in [2.24, 2.45) is 4.99 Å². The van der Waals surface area contributed by atoms with E-state index in [2.05, 4.69) is 4.99 Å². The van der Waals surface area contributed by atoms with Gasteiger partial charge < -0.3 is 5.11 Å². The molecule has 1 N–H and O–H groups in total. The Morgan fingerprint density at radius 2 is 1.52 bits per heavy atom. The first-order chi connectivity index (χ1) is 11.1. The lowest BCUT2D eigenvalue weighted by Crippen LogP contribution is -2.34. The number of carbonyl (C=O) groups is 1. The van der Waals surface area contributed by atoms with Crippen LogP contribution in [0.25, 0.3) is 0 Å². The minimum Gasteiger partial charge on any atom is -0.479 e. The van der Waals surface area contributed by atoms with Gasteiger partial charge in [0.2, 0.25) is 0 Å². The molecule has 0 saturated carbocycles. The maximum Gasteiger partial charge on any atom is 0.331 e. The van der Waals surface area contributed by atoms with Gasteiger partial charge in [0.05, 0.1) is 5.71 Å². The molecule has 2 aromatic rings. The van der Waals surface area contributed by atoms with E-state index in [0.29, 0.717) is 12.1 Å². The minimum atomic E-state index is -1.20. The van der Waals surface area contributed by atoms with Crippen LogP contribution in [-0.4, -0.2) is 22.3 Å². The van der Waals surface area contributed by atoms with Crippen LogP contribution in [0.4, 0.5) is 0 Å². The first-order valence-corrected chi connectivity index (χ1v) is 7.62. The third-order valence-corrected chi connectivity index (χ3v) is 3.66. The van der Waals surface area contributed by atoms with Gasteiger partial charge in [-0.25, -0.2) is 4.79 Å². The molecule has 118 valence electrons.